The van der Waals surface area contributed by atoms with Crippen LogP contribution in [0, 0.1) is 11.7 Å². The van der Waals surface area contributed by atoms with Crippen LogP contribution in [-0.4, -0.2) is 35.8 Å². The number of hydrogen-bond donors (Lipinski definition) is 2. The van der Waals surface area contributed by atoms with Gasteiger partial charge >= 0.3 is 12.0 Å². The Morgan fingerprint density at radius 2 is 1.71 bits per heavy atom. The number of para-hydroxylation sites is 1. The fourth-order valence-corrected chi connectivity index (χ4v) is 5.85. The summed E-state index contributed by atoms with van der Waals surface area (Å²) < 4.78 is 20.7. The lowest BCUT2D eigenvalue weighted by molar-refractivity contribution is 0.0517. The molecule has 7 nitrogen and oxygen atoms in total. The van der Waals surface area contributed by atoms with Crippen molar-refractivity contribution in [3.05, 3.63) is 84.3 Å². The summed E-state index contributed by atoms with van der Waals surface area (Å²) in [6, 6.07) is 21.2. The van der Waals surface area contributed by atoms with Crippen LogP contribution in [-0.2, 0) is 4.74 Å². The van der Waals surface area contributed by atoms with E-state index in [2.05, 4.69) is 29.4 Å². The van der Waals surface area contributed by atoms with Crippen LogP contribution in [0.2, 0.25) is 0 Å². The molecule has 2 N–H and O–H groups in total. The maximum absolute atomic E-state index is 13.5. The van der Waals surface area contributed by atoms with Crippen molar-refractivity contribution in [3.8, 4) is 5.69 Å². The van der Waals surface area contributed by atoms with Crippen LogP contribution in [0.1, 0.15) is 63.4 Å². The summed E-state index contributed by atoms with van der Waals surface area (Å²) in [5, 5.41) is 6.81. The molecule has 0 atom stereocenters. The third-order valence-electron chi connectivity index (χ3n) is 7.67. The third kappa shape index (κ3) is 6.59. The number of anilines is 3. The third-order valence-corrected chi connectivity index (χ3v) is 7.67. The summed E-state index contributed by atoms with van der Waals surface area (Å²) in [4.78, 5) is 28.8. The predicted molar refractivity (Wildman–Crippen MR) is 167 cm³/mol. The largest absolute Gasteiger partial charge is 0.461 e. The van der Waals surface area contributed by atoms with Crippen molar-refractivity contribution in [1.29, 1.82) is 0 Å². The van der Waals surface area contributed by atoms with Crippen LogP contribution in [0.4, 0.5) is 26.2 Å². The zero-order valence-electron chi connectivity index (χ0n) is 24.5. The first kappa shape index (κ1) is 29.2. The Hall–Kier alpha value is -4.33. The van der Waals surface area contributed by atoms with Gasteiger partial charge in [0.05, 0.1) is 23.5 Å². The van der Waals surface area contributed by atoms with Crippen LogP contribution < -0.4 is 15.5 Å². The number of hydrogen-bond acceptors (Lipinski definition) is 4. The molecule has 1 aliphatic rings. The normalized spacial score (nSPS) is 13.7. The monoisotopic (exact) mass is 570 g/mol. The van der Waals surface area contributed by atoms with Crippen LogP contribution in [0.25, 0.3) is 16.6 Å². The van der Waals surface area contributed by atoms with Crippen molar-refractivity contribution in [2.75, 3.05) is 28.7 Å². The Morgan fingerprint density at radius 1 is 0.976 bits per heavy atom. The minimum absolute atomic E-state index is 0.265. The molecule has 4 aromatic rings. The molecule has 0 bridgehead atoms. The molecule has 0 radical (unpaired) electrons. The summed E-state index contributed by atoms with van der Waals surface area (Å²) in [6.45, 7) is 7.31. The molecule has 42 heavy (non-hydrogen) atoms. The molecular weight excluding hydrogens is 531 g/mol. The number of benzene rings is 3. The lowest BCUT2D eigenvalue weighted by Crippen LogP contribution is -2.40. The molecule has 1 fully saturated rings. The lowest BCUT2D eigenvalue weighted by atomic mass is 9.93. The smallest absolute Gasteiger partial charge is 0.355 e. The number of urea groups is 1. The van der Waals surface area contributed by atoms with E-state index in [-0.39, 0.29) is 12.4 Å². The van der Waals surface area contributed by atoms with Crippen molar-refractivity contribution >= 4 is 40.0 Å². The highest BCUT2D eigenvalue weighted by molar-refractivity contribution is 6.02. The fourth-order valence-electron chi connectivity index (χ4n) is 5.85. The van der Waals surface area contributed by atoms with Gasteiger partial charge in [-0.15, -0.1) is 0 Å². The van der Waals surface area contributed by atoms with E-state index in [1.54, 1.807) is 6.92 Å². The molecule has 3 aromatic carbocycles. The molecular formula is C34H39FN4O3. The van der Waals surface area contributed by atoms with Crippen molar-refractivity contribution in [1.82, 2.24) is 4.57 Å². The molecule has 1 saturated carbocycles. The number of amides is 2. The van der Waals surface area contributed by atoms with Gasteiger partial charge in [0.2, 0.25) is 0 Å². The molecule has 5 rings (SSSR count). The number of esters is 1. The number of carbonyl (C=O) groups excluding carboxylic acids is 2. The second kappa shape index (κ2) is 13.1. The summed E-state index contributed by atoms with van der Waals surface area (Å²) in [5.41, 5.74) is 4.06. The van der Waals surface area contributed by atoms with Gasteiger partial charge in [-0.2, -0.15) is 0 Å². The van der Waals surface area contributed by atoms with E-state index >= 15 is 0 Å². The van der Waals surface area contributed by atoms with E-state index in [1.807, 2.05) is 53.1 Å². The van der Waals surface area contributed by atoms with E-state index < -0.39 is 12.0 Å². The number of carbonyl (C=O) groups is 2. The van der Waals surface area contributed by atoms with Gasteiger partial charge in [-0.05, 0) is 80.3 Å². The average Bonchev–Trinajstić information content (AvgIpc) is 3.38. The number of nitrogens with zero attached hydrogens (tertiary/aromatic N) is 2. The Kier molecular flexibility index (Phi) is 9.10. The summed E-state index contributed by atoms with van der Waals surface area (Å²) >= 11 is 0. The van der Waals surface area contributed by atoms with E-state index in [1.165, 1.54) is 43.5 Å². The highest BCUT2D eigenvalue weighted by Gasteiger charge is 2.26. The van der Waals surface area contributed by atoms with Crippen molar-refractivity contribution in [3.63, 3.8) is 0 Å². The predicted octanol–water partition coefficient (Wildman–Crippen LogP) is 8.39. The average molecular weight is 571 g/mol. The minimum Gasteiger partial charge on any atom is -0.461 e. The molecule has 0 saturated heterocycles. The van der Waals surface area contributed by atoms with E-state index in [4.69, 9.17) is 4.74 Å². The van der Waals surface area contributed by atoms with Crippen molar-refractivity contribution in [2.24, 2.45) is 5.92 Å². The molecule has 0 aliphatic heterocycles. The molecule has 220 valence electrons. The van der Waals surface area contributed by atoms with Gasteiger partial charge in [0.1, 0.15) is 11.5 Å². The zero-order valence-corrected chi connectivity index (χ0v) is 24.5. The first-order valence-electron chi connectivity index (χ1n) is 14.9. The molecule has 0 unspecified atom stereocenters. The van der Waals surface area contributed by atoms with Crippen LogP contribution >= 0.6 is 0 Å². The molecule has 0 spiro atoms. The first-order chi connectivity index (χ1) is 20.3. The molecule has 1 heterocycles. The standard InChI is InChI=1S/C34H39FN4O3/c1-4-42-33(40)32-20-24-10-8-9-13-30(24)39(32)28-18-19-31(38(22-23(2)3)27-11-6-5-7-12-27)29(21-28)37-34(41)36-26-16-14-25(35)15-17-26/h8-10,13-21,23,27H,4-7,11-12,22H2,1-3H3,(H2,36,37,41). The highest BCUT2D eigenvalue weighted by atomic mass is 19.1. The van der Waals surface area contributed by atoms with Gasteiger partial charge in [-0.1, -0.05) is 51.3 Å². The fraction of sp³-hybridized carbons (Fsp3) is 0.353. The number of aromatic nitrogens is 1. The summed E-state index contributed by atoms with van der Waals surface area (Å²) in [6.07, 6.45) is 5.82. The quantitative estimate of drug-likeness (QED) is 0.198. The molecule has 2 amide bonds. The number of halogens is 1. The Bertz CT molecular complexity index is 1540. The molecule has 1 aromatic heterocycles. The maximum atomic E-state index is 13.5. The number of fused-ring (bicyclic) bond motifs is 1. The first-order valence-corrected chi connectivity index (χ1v) is 14.9. The van der Waals surface area contributed by atoms with E-state index in [0.29, 0.717) is 29.0 Å². The zero-order chi connectivity index (χ0) is 29.6. The number of nitrogens with one attached hydrogen (secondary N) is 2. The Labute approximate surface area is 246 Å². The van der Waals surface area contributed by atoms with Gasteiger partial charge in [-0.3, -0.25) is 0 Å². The lowest BCUT2D eigenvalue weighted by Gasteiger charge is -2.38. The van der Waals surface area contributed by atoms with Crippen LogP contribution in [0.5, 0.6) is 0 Å². The van der Waals surface area contributed by atoms with E-state index in [9.17, 15) is 14.0 Å². The Morgan fingerprint density at radius 3 is 2.43 bits per heavy atom. The SMILES string of the molecule is CCOC(=O)c1cc2ccccc2n1-c1ccc(N(CC(C)C)C2CCCCC2)c(NC(=O)Nc2ccc(F)cc2)c1. The summed E-state index contributed by atoms with van der Waals surface area (Å²) in [5.74, 6) is -0.370. The van der Waals surface area contributed by atoms with Crippen molar-refractivity contribution < 1.29 is 18.7 Å². The van der Waals surface area contributed by atoms with Crippen LogP contribution in [0.3, 0.4) is 0 Å². The second-order valence-electron chi connectivity index (χ2n) is 11.3. The maximum Gasteiger partial charge on any atom is 0.355 e. The molecule has 1 aliphatic carbocycles. The van der Waals surface area contributed by atoms with Gasteiger partial charge in [0.25, 0.3) is 0 Å². The topological polar surface area (TPSA) is 75.6 Å². The number of ether oxygens (including phenoxy) is 1. The van der Waals surface area contributed by atoms with Gasteiger partial charge in [0.15, 0.2) is 0 Å². The van der Waals surface area contributed by atoms with E-state index in [0.717, 1.165) is 41.7 Å². The second-order valence-corrected chi connectivity index (χ2v) is 11.3. The van der Waals surface area contributed by atoms with Crippen molar-refractivity contribution in [2.45, 2.75) is 58.9 Å². The van der Waals surface area contributed by atoms with Gasteiger partial charge in [-0.25, -0.2) is 14.0 Å². The minimum atomic E-state index is -0.434. The highest BCUT2D eigenvalue weighted by Crippen LogP contribution is 2.36. The molecule has 8 heteroatoms. The van der Waals surface area contributed by atoms with Gasteiger partial charge < -0.3 is 24.8 Å². The van der Waals surface area contributed by atoms with Gasteiger partial charge in [0, 0.05) is 29.3 Å². The van der Waals surface area contributed by atoms with Crippen LogP contribution in [0.15, 0.2) is 72.8 Å². The summed E-state index contributed by atoms with van der Waals surface area (Å²) in [7, 11) is 0. The number of rotatable bonds is 9. The Balaban J connectivity index is 1.60.